The van der Waals surface area contributed by atoms with Crippen LogP contribution in [-0.4, -0.2) is 37.7 Å². The Morgan fingerprint density at radius 3 is 2.79 bits per heavy atom. The monoisotopic (exact) mass is 260 g/mol. The smallest absolute Gasteiger partial charge is 0.0954 e. The van der Waals surface area contributed by atoms with Crippen molar-refractivity contribution in [2.75, 3.05) is 32.8 Å². The lowest BCUT2D eigenvalue weighted by Crippen LogP contribution is -2.39. The van der Waals surface area contributed by atoms with E-state index in [0.717, 1.165) is 32.0 Å². The molecule has 1 saturated heterocycles. The summed E-state index contributed by atoms with van der Waals surface area (Å²) in [5.41, 5.74) is 8.62. The van der Waals surface area contributed by atoms with Crippen molar-refractivity contribution in [2.24, 2.45) is 11.7 Å². The van der Waals surface area contributed by atoms with Gasteiger partial charge in [-0.1, -0.05) is 24.3 Å². The Balaban J connectivity index is 1.62. The molecule has 0 amide bonds. The first kappa shape index (κ1) is 13.1. The fraction of sp³-hybridized carbons (Fsp3) is 0.625. The molecule has 1 aromatic carbocycles. The fourth-order valence-electron chi connectivity index (χ4n) is 3.27. The molecule has 2 aliphatic rings. The summed E-state index contributed by atoms with van der Waals surface area (Å²) in [5, 5.41) is 0. The summed E-state index contributed by atoms with van der Waals surface area (Å²) in [4.78, 5) is 2.54. The molecule has 3 rings (SSSR count). The molecule has 0 aliphatic carbocycles. The van der Waals surface area contributed by atoms with Gasteiger partial charge in [0, 0.05) is 6.54 Å². The summed E-state index contributed by atoms with van der Waals surface area (Å²) in [6.45, 7) is 5.08. The Hall–Kier alpha value is -0.900. The van der Waals surface area contributed by atoms with Gasteiger partial charge in [0.1, 0.15) is 0 Å². The second-order valence-corrected chi connectivity index (χ2v) is 5.79. The summed E-state index contributed by atoms with van der Waals surface area (Å²) in [7, 11) is 0. The first-order valence-electron chi connectivity index (χ1n) is 7.48. The Kier molecular flexibility index (Phi) is 4.16. The molecule has 2 N–H and O–H groups in total. The highest BCUT2D eigenvalue weighted by Crippen LogP contribution is 2.28. The van der Waals surface area contributed by atoms with Gasteiger partial charge in [0.25, 0.3) is 0 Å². The lowest BCUT2D eigenvalue weighted by molar-refractivity contribution is 0.00894. The highest BCUT2D eigenvalue weighted by Gasteiger charge is 2.25. The summed E-state index contributed by atoms with van der Waals surface area (Å²) in [6.07, 6.45) is 3.80. The predicted octanol–water partition coefficient (Wildman–Crippen LogP) is 1.97. The van der Waals surface area contributed by atoms with Crippen molar-refractivity contribution in [3.05, 3.63) is 35.4 Å². The molecule has 19 heavy (non-hydrogen) atoms. The average Bonchev–Trinajstić information content (AvgIpc) is 2.48. The standard InChI is InChI=1S/C16H24N2O/c17-11-13-5-8-18(9-6-13)12-16-15-4-2-1-3-14(15)7-10-19-16/h1-4,13,16H,5-12,17H2. The van der Waals surface area contributed by atoms with E-state index in [9.17, 15) is 0 Å². The van der Waals surface area contributed by atoms with E-state index in [-0.39, 0.29) is 6.10 Å². The lowest BCUT2D eigenvalue weighted by Gasteiger charge is -2.35. The number of hydrogen-bond acceptors (Lipinski definition) is 3. The number of nitrogens with zero attached hydrogens (tertiary/aromatic N) is 1. The molecule has 1 unspecified atom stereocenters. The largest absolute Gasteiger partial charge is 0.372 e. The van der Waals surface area contributed by atoms with Crippen LogP contribution in [0.2, 0.25) is 0 Å². The summed E-state index contributed by atoms with van der Waals surface area (Å²) < 4.78 is 5.99. The molecule has 2 aliphatic heterocycles. The molecule has 1 atom stereocenters. The van der Waals surface area contributed by atoms with E-state index >= 15 is 0 Å². The van der Waals surface area contributed by atoms with E-state index in [1.807, 2.05) is 0 Å². The number of ether oxygens (including phenoxy) is 1. The van der Waals surface area contributed by atoms with Crippen LogP contribution in [0.3, 0.4) is 0 Å². The predicted molar refractivity (Wildman–Crippen MR) is 77.1 cm³/mol. The number of rotatable bonds is 3. The van der Waals surface area contributed by atoms with Crippen molar-refractivity contribution in [3.8, 4) is 0 Å². The minimum absolute atomic E-state index is 0.263. The minimum atomic E-state index is 0.263. The average molecular weight is 260 g/mol. The summed E-state index contributed by atoms with van der Waals surface area (Å²) in [5.74, 6) is 0.732. The van der Waals surface area contributed by atoms with Crippen LogP contribution >= 0.6 is 0 Å². The van der Waals surface area contributed by atoms with Gasteiger partial charge < -0.3 is 15.4 Å². The third-order valence-corrected chi connectivity index (χ3v) is 4.56. The topological polar surface area (TPSA) is 38.5 Å². The molecule has 3 nitrogen and oxygen atoms in total. The maximum atomic E-state index is 5.99. The highest BCUT2D eigenvalue weighted by atomic mass is 16.5. The van der Waals surface area contributed by atoms with E-state index in [1.54, 1.807) is 0 Å². The maximum absolute atomic E-state index is 5.99. The SMILES string of the molecule is NCC1CCN(CC2OCCc3ccccc32)CC1. The Morgan fingerprint density at radius 1 is 1.21 bits per heavy atom. The van der Waals surface area contributed by atoms with E-state index in [1.165, 1.54) is 37.1 Å². The lowest BCUT2D eigenvalue weighted by atomic mass is 9.94. The quantitative estimate of drug-likeness (QED) is 0.903. The van der Waals surface area contributed by atoms with Crippen LogP contribution in [0.1, 0.15) is 30.1 Å². The zero-order chi connectivity index (χ0) is 13.1. The van der Waals surface area contributed by atoms with Crippen molar-refractivity contribution in [3.63, 3.8) is 0 Å². The van der Waals surface area contributed by atoms with Gasteiger partial charge in [-0.2, -0.15) is 0 Å². The van der Waals surface area contributed by atoms with Gasteiger partial charge in [-0.3, -0.25) is 0 Å². The van der Waals surface area contributed by atoms with Crippen molar-refractivity contribution in [1.29, 1.82) is 0 Å². The Morgan fingerprint density at radius 2 is 2.00 bits per heavy atom. The van der Waals surface area contributed by atoms with E-state index in [4.69, 9.17) is 10.5 Å². The molecule has 2 heterocycles. The van der Waals surface area contributed by atoms with E-state index < -0.39 is 0 Å². The van der Waals surface area contributed by atoms with Gasteiger partial charge in [-0.05, 0) is 55.9 Å². The molecule has 0 spiro atoms. The van der Waals surface area contributed by atoms with Gasteiger partial charge in [0.05, 0.1) is 12.7 Å². The normalized spacial score (nSPS) is 25.2. The third kappa shape index (κ3) is 2.99. The van der Waals surface area contributed by atoms with Crippen LogP contribution in [-0.2, 0) is 11.2 Å². The molecule has 0 aromatic heterocycles. The first-order chi connectivity index (χ1) is 9.36. The number of hydrogen-bond donors (Lipinski definition) is 1. The molecule has 0 radical (unpaired) electrons. The Labute approximate surface area is 115 Å². The molecular formula is C16H24N2O. The first-order valence-corrected chi connectivity index (χ1v) is 7.48. The van der Waals surface area contributed by atoms with Crippen LogP contribution in [0.4, 0.5) is 0 Å². The summed E-state index contributed by atoms with van der Waals surface area (Å²) in [6, 6.07) is 8.73. The van der Waals surface area contributed by atoms with Crippen molar-refractivity contribution < 1.29 is 4.74 Å². The number of nitrogens with two attached hydrogens (primary N) is 1. The molecular weight excluding hydrogens is 236 g/mol. The third-order valence-electron chi connectivity index (χ3n) is 4.56. The van der Waals surface area contributed by atoms with Gasteiger partial charge in [-0.25, -0.2) is 0 Å². The van der Waals surface area contributed by atoms with Crippen LogP contribution in [0.25, 0.3) is 0 Å². The van der Waals surface area contributed by atoms with Gasteiger partial charge in [0.15, 0.2) is 0 Å². The molecule has 1 aromatic rings. The number of fused-ring (bicyclic) bond motifs is 1. The number of piperidine rings is 1. The highest BCUT2D eigenvalue weighted by molar-refractivity contribution is 5.31. The van der Waals surface area contributed by atoms with E-state index in [2.05, 4.69) is 29.2 Å². The van der Waals surface area contributed by atoms with Crippen molar-refractivity contribution >= 4 is 0 Å². The second-order valence-electron chi connectivity index (χ2n) is 5.79. The molecule has 3 heteroatoms. The van der Waals surface area contributed by atoms with Gasteiger partial charge in [-0.15, -0.1) is 0 Å². The Bertz CT molecular complexity index is 413. The maximum Gasteiger partial charge on any atom is 0.0954 e. The van der Waals surface area contributed by atoms with Gasteiger partial charge in [0.2, 0.25) is 0 Å². The number of likely N-dealkylation sites (tertiary alicyclic amines) is 1. The molecule has 0 bridgehead atoms. The number of benzene rings is 1. The molecule has 0 saturated carbocycles. The van der Waals surface area contributed by atoms with Crippen molar-refractivity contribution in [1.82, 2.24) is 4.90 Å². The molecule has 1 fully saturated rings. The van der Waals surface area contributed by atoms with Crippen molar-refractivity contribution in [2.45, 2.75) is 25.4 Å². The summed E-state index contributed by atoms with van der Waals surface area (Å²) >= 11 is 0. The van der Waals surface area contributed by atoms with E-state index in [0.29, 0.717) is 0 Å². The molecule has 104 valence electrons. The minimum Gasteiger partial charge on any atom is -0.372 e. The van der Waals surface area contributed by atoms with Crippen LogP contribution in [0.15, 0.2) is 24.3 Å². The second kappa shape index (κ2) is 6.04. The van der Waals surface area contributed by atoms with Gasteiger partial charge >= 0.3 is 0 Å². The zero-order valence-electron chi connectivity index (χ0n) is 11.6. The zero-order valence-corrected chi connectivity index (χ0v) is 11.6. The van der Waals surface area contributed by atoms with Crippen LogP contribution in [0, 0.1) is 5.92 Å². The van der Waals surface area contributed by atoms with Crippen LogP contribution in [0.5, 0.6) is 0 Å². The fourth-order valence-corrected chi connectivity index (χ4v) is 3.27. The van der Waals surface area contributed by atoms with Crippen LogP contribution < -0.4 is 5.73 Å².